The molecule has 0 unspecified atom stereocenters. The molecule has 1 fully saturated rings. The fraction of sp³-hybridized carbons (Fsp3) is 0.458. The number of likely N-dealkylation sites (tertiary alicyclic amines) is 1. The van der Waals surface area contributed by atoms with Crippen molar-refractivity contribution in [3.63, 3.8) is 0 Å². The molecule has 1 aliphatic rings. The normalized spacial score (nSPS) is 14.9. The van der Waals surface area contributed by atoms with Gasteiger partial charge in [0, 0.05) is 37.6 Å². The fourth-order valence-electron chi connectivity index (χ4n) is 4.51. The van der Waals surface area contributed by atoms with Crippen LogP contribution in [-0.4, -0.2) is 52.4 Å². The number of fused-ring (bicyclic) bond motifs is 1. The van der Waals surface area contributed by atoms with Gasteiger partial charge in [-0.3, -0.25) is 4.79 Å². The average molecular weight is 424 g/mol. The first-order chi connectivity index (χ1) is 15.0. The minimum atomic E-state index is -0.328. The van der Waals surface area contributed by atoms with Crippen molar-refractivity contribution in [2.75, 3.05) is 31.6 Å². The Morgan fingerprint density at radius 1 is 1.23 bits per heavy atom. The Morgan fingerprint density at radius 2 is 2.00 bits per heavy atom. The van der Waals surface area contributed by atoms with E-state index in [1.165, 1.54) is 11.9 Å². The van der Waals surface area contributed by atoms with E-state index in [-0.39, 0.29) is 11.7 Å². The summed E-state index contributed by atoms with van der Waals surface area (Å²) in [6, 6.07) is 8.14. The van der Waals surface area contributed by atoms with Gasteiger partial charge in [-0.2, -0.15) is 0 Å². The molecule has 1 aromatic carbocycles. The van der Waals surface area contributed by atoms with Gasteiger partial charge in [0.25, 0.3) is 5.91 Å². The second kappa shape index (κ2) is 9.04. The molecule has 1 saturated heterocycles. The van der Waals surface area contributed by atoms with Gasteiger partial charge in [0.05, 0.1) is 5.69 Å². The SMILES string of the molecule is CCc1ncnc(N(C)CC2CCN(C(=O)c3cc4c(CC)cccc4[nH]3)CC2)c1F. The monoisotopic (exact) mass is 423 g/mol. The lowest BCUT2D eigenvalue weighted by Crippen LogP contribution is -2.41. The number of nitrogens with zero attached hydrogens (tertiary/aromatic N) is 4. The first-order valence-corrected chi connectivity index (χ1v) is 11.1. The highest BCUT2D eigenvalue weighted by molar-refractivity contribution is 5.98. The lowest BCUT2D eigenvalue weighted by Gasteiger charge is -2.34. The minimum Gasteiger partial charge on any atom is -0.357 e. The third kappa shape index (κ3) is 4.27. The van der Waals surface area contributed by atoms with Gasteiger partial charge in [-0.05, 0) is 49.3 Å². The number of aromatic nitrogens is 3. The number of H-pyrrole nitrogens is 1. The standard InChI is InChI=1S/C24H30FN5O/c1-4-17-7-6-8-20-18(17)13-21(28-20)24(31)30-11-9-16(10-12-30)14-29(3)23-22(25)19(5-2)26-15-27-23/h6-8,13,15-16,28H,4-5,9-12,14H2,1-3H3. The van der Waals surface area contributed by atoms with Gasteiger partial charge in [-0.15, -0.1) is 0 Å². The summed E-state index contributed by atoms with van der Waals surface area (Å²) in [7, 11) is 1.87. The topological polar surface area (TPSA) is 65.1 Å². The number of aryl methyl sites for hydroxylation is 2. The summed E-state index contributed by atoms with van der Waals surface area (Å²) in [5, 5.41) is 1.13. The zero-order valence-corrected chi connectivity index (χ0v) is 18.5. The highest BCUT2D eigenvalue weighted by Gasteiger charge is 2.26. The molecule has 3 heterocycles. The smallest absolute Gasteiger partial charge is 0.270 e. The number of benzene rings is 1. The molecule has 7 heteroatoms. The van der Waals surface area contributed by atoms with Crippen LogP contribution >= 0.6 is 0 Å². The number of carbonyl (C=O) groups excluding carboxylic acids is 1. The molecule has 0 atom stereocenters. The largest absolute Gasteiger partial charge is 0.357 e. The van der Waals surface area contributed by atoms with Crippen LogP contribution in [-0.2, 0) is 12.8 Å². The molecule has 0 saturated carbocycles. The number of nitrogens with one attached hydrogen (secondary N) is 1. The zero-order valence-electron chi connectivity index (χ0n) is 18.5. The lowest BCUT2D eigenvalue weighted by atomic mass is 9.96. The maximum absolute atomic E-state index is 14.6. The molecule has 0 spiro atoms. The van der Waals surface area contributed by atoms with Crippen molar-refractivity contribution in [3.05, 3.63) is 53.4 Å². The summed E-state index contributed by atoms with van der Waals surface area (Å²) in [6.45, 7) is 6.14. The summed E-state index contributed by atoms with van der Waals surface area (Å²) in [5.41, 5.74) is 3.36. The molecule has 3 aromatic rings. The maximum atomic E-state index is 14.6. The third-order valence-corrected chi connectivity index (χ3v) is 6.34. The van der Waals surface area contributed by atoms with Gasteiger partial charge < -0.3 is 14.8 Å². The van der Waals surface area contributed by atoms with Gasteiger partial charge in [-0.25, -0.2) is 14.4 Å². The molecule has 0 radical (unpaired) electrons. The van der Waals surface area contributed by atoms with Crippen LogP contribution < -0.4 is 4.90 Å². The van der Waals surface area contributed by atoms with Crippen LogP contribution in [0.1, 0.15) is 48.4 Å². The van der Waals surface area contributed by atoms with Crippen molar-refractivity contribution < 1.29 is 9.18 Å². The van der Waals surface area contributed by atoms with Crippen LogP contribution in [0, 0.1) is 11.7 Å². The summed E-state index contributed by atoms with van der Waals surface area (Å²) < 4.78 is 14.6. The highest BCUT2D eigenvalue weighted by Crippen LogP contribution is 2.25. The van der Waals surface area contributed by atoms with Crippen molar-refractivity contribution in [3.8, 4) is 0 Å². The van der Waals surface area contributed by atoms with E-state index in [2.05, 4.69) is 27.9 Å². The number of hydrogen-bond acceptors (Lipinski definition) is 4. The van der Waals surface area contributed by atoms with Crippen molar-refractivity contribution in [1.82, 2.24) is 19.9 Å². The number of anilines is 1. The molecule has 31 heavy (non-hydrogen) atoms. The summed E-state index contributed by atoms with van der Waals surface area (Å²) in [6.07, 6.45) is 4.70. The van der Waals surface area contributed by atoms with Gasteiger partial charge in [-0.1, -0.05) is 26.0 Å². The molecule has 1 aliphatic heterocycles. The molecule has 1 N–H and O–H groups in total. The second-order valence-corrected chi connectivity index (χ2v) is 8.34. The molecule has 0 bridgehead atoms. The van der Waals surface area contributed by atoms with Gasteiger partial charge in [0.2, 0.25) is 0 Å². The van der Waals surface area contributed by atoms with Crippen molar-refractivity contribution >= 4 is 22.6 Å². The average Bonchev–Trinajstić information content (AvgIpc) is 3.23. The van der Waals surface area contributed by atoms with Gasteiger partial charge >= 0.3 is 0 Å². The van der Waals surface area contributed by atoms with Crippen molar-refractivity contribution in [2.45, 2.75) is 39.5 Å². The van der Waals surface area contributed by atoms with E-state index < -0.39 is 0 Å². The number of amides is 1. The van der Waals surface area contributed by atoms with Crippen LogP contribution in [0.2, 0.25) is 0 Å². The van der Waals surface area contributed by atoms with Crippen molar-refractivity contribution in [1.29, 1.82) is 0 Å². The number of halogens is 1. The lowest BCUT2D eigenvalue weighted by molar-refractivity contribution is 0.0688. The maximum Gasteiger partial charge on any atom is 0.270 e. The Balaban J connectivity index is 1.38. The van der Waals surface area contributed by atoms with E-state index in [0.717, 1.165) is 30.2 Å². The van der Waals surface area contributed by atoms with Crippen molar-refractivity contribution in [2.24, 2.45) is 5.92 Å². The number of carbonyl (C=O) groups is 1. The molecular weight excluding hydrogens is 393 g/mol. The molecule has 164 valence electrons. The predicted molar refractivity (Wildman–Crippen MR) is 121 cm³/mol. The van der Waals surface area contributed by atoms with Gasteiger partial charge in [0.15, 0.2) is 11.6 Å². The Labute approximate surface area is 182 Å². The Kier molecular flexibility index (Phi) is 6.20. The van der Waals surface area contributed by atoms with E-state index in [1.54, 1.807) is 0 Å². The van der Waals surface area contributed by atoms with Crippen LogP contribution in [0.5, 0.6) is 0 Å². The van der Waals surface area contributed by atoms with E-state index in [0.29, 0.717) is 49.2 Å². The second-order valence-electron chi connectivity index (χ2n) is 8.34. The molecule has 0 aliphatic carbocycles. The van der Waals surface area contributed by atoms with E-state index in [4.69, 9.17) is 0 Å². The first-order valence-electron chi connectivity index (χ1n) is 11.1. The first kappa shape index (κ1) is 21.3. The molecular formula is C24H30FN5O. The molecule has 1 amide bonds. The van der Waals surface area contributed by atoms with Gasteiger partial charge in [0.1, 0.15) is 12.0 Å². The third-order valence-electron chi connectivity index (χ3n) is 6.34. The van der Waals surface area contributed by atoms with Crippen LogP contribution in [0.25, 0.3) is 10.9 Å². The Bertz CT molecular complexity index is 1070. The van der Waals surface area contributed by atoms with E-state index in [9.17, 15) is 9.18 Å². The molecule has 2 aromatic heterocycles. The Hall–Kier alpha value is -2.96. The number of aromatic amines is 1. The summed E-state index contributed by atoms with van der Waals surface area (Å²) in [4.78, 5) is 28.3. The predicted octanol–water partition coefficient (Wildman–Crippen LogP) is 4.21. The quantitative estimate of drug-likeness (QED) is 0.645. The molecule has 4 rings (SSSR count). The van der Waals surface area contributed by atoms with Crippen LogP contribution in [0.3, 0.4) is 0 Å². The number of hydrogen-bond donors (Lipinski definition) is 1. The summed E-state index contributed by atoms with van der Waals surface area (Å²) >= 11 is 0. The fourth-order valence-corrected chi connectivity index (χ4v) is 4.51. The van der Waals surface area contributed by atoms with Crippen LogP contribution in [0.15, 0.2) is 30.6 Å². The zero-order chi connectivity index (χ0) is 22.0. The molecule has 6 nitrogen and oxygen atoms in total. The number of piperidine rings is 1. The van der Waals surface area contributed by atoms with E-state index in [1.807, 2.05) is 42.0 Å². The van der Waals surface area contributed by atoms with E-state index >= 15 is 0 Å². The number of rotatable bonds is 6. The highest BCUT2D eigenvalue weighted by atomic mass is 19.1. The van der Waals surface area contributed by atoms with Crippen LogP contribution in [0.4, 0.5) is 10.2 Å². The minimum absolute atomic E-state index is 0.0551. The Morgan fingerprint density at radius 3 is 2.71 bits per heavy atom. The summed E-state index contributed by atoms with van der Waals surface area (Å²) in [5.74, 6) is 0.475.